The molecule has 1 aromatic rings. The van der Waals surface area contributed by atoms with Gasteiger partial charge >= 0.3 is 5.97 Å². The quantitative estimate of drug-likeness (QED) is 0.799. The van der Waals surface area contributed by atoms with Crippen LogP contribution in [0.2, 0.25) is 0 Å². The number of hydrogen-bond donors (Lipinski definition) is 2. The van der Waals surface area contributed by atoms with Crippen molar-refractivity contribution in [2.24, 2.45) is 5.92 Å². The van der Waals surface area contributed by atoms with Crippen LogP contribution < -0.4 is 5.32 Å². The number of hydrogen-bond acceptors (Lipinski definition) is 2. The van der Waals surface area contributed by atoms with Crippen LogP contribution in [-0.2, 0) is 9.59 Å². The topological polar surface area (TPSA) is 66.4 Å². The highest BCUT2D eigenvalue weighted by Gasteiger charge is 2.11. The Morgan fingerprint density at radius 1 is 1.15 bits per heavy atom. The molecule has 2 unspecified atom stereocenters. The Bertz CT molecular complexity index is 453. The summed E-state index contributed by atoms with van der Waals surface area (Å²) in [5, 5.41) is 11.6. The predicted octanol–water partition coefficient (Wildman–Crippen LogP) is 3.64. The lowest BCUT2D eigenvalue weighted by atomic mass is 9.98. The van der Waals surface area contributed by atoms with Crippen LogP contribution in [0.5, 0.6) is 0 Å². The van der Waals surface area contributed by atoms with E-state index in [1.165, 1.54) is 0 Å². The fraction of sp³-hybridized carbons (Fsp3) is 0.500. The number of carboxylic acids is 1. The van der Waals surface area contributed by atoms with Crippen molar-refractivity contribution >= 4 is 17.6 Å². The Morgan fingerprint density at radius 2 is 1.75 bits per heavy atom. The number of rotatable bonds is 7. The smallest absolute Gasteiger partial charge is 0.303 e. The van der Waals surface area contributed by atoms with Crippen molar-refractivity contribution in [3.8, 4) is 0 Å². The van der Waals surface area contributed by atoms with E-state index in [0.29, 0.717) is 12.3 Å². The van der Waals surface area contributed by atoms with Crippen molar-refractivity contribution < 1.29 is 14.7 Å². The van der Waals surface area contributed by atoms with Crippen LogP contribution in [-0.4, -0.2) is 17.0 Å². The molecule has 0 fully saturated rings. The number of aliphatic carboxylic acids is 1. The predicted molar refractivity (Wildman–Crippen MR) is 79.8 cm³/mol. The Kier molecular flexibility index (Phi) is 6.22. The number of anilines is 1. The van der Waals surface area contributed by atoms with Gasteiger partial charge in [-0.2, -0.15) is 0 Å². The summed E-state index contributed by atoms with van der Waals surface area (Å²) in [5.41, 5.74) is 1.72. The molecule has 20 heavy (non-hydrogen) atoms. The minimum Gasteiger partial charge on any atom is -0.481 e. The minimum absolute atomic E-state index is 0.0192. The van der Waals surface area contributed by atoms with E-state index in [2.05, 4.69) is 19.2 Å². The summed E-state index contributed by atoms with van der Waals surface area (Å²) in [4.78, 5) is 22.4. The van der Waals surface area contributed by atoms with Gasteiger partial charge in [0.05, 0.1) is 6.42 Å². The summed E-state index contributed by atoms with van der Waals surface area (Å²) >= 11 is 0. The lowest BCUT2D eigenvalue weighted by Crippen LogP contribution is -2.14. The van der Waals surface area contributed by atoms with Gasteiger partial charge in [-0.25, -0.2) is 0 Å². The molecule has 1 aromatic carbocycles. The number of carbonyl (C=O) groups is 2. The molecule has 0 heterocycles. The van der Waals surface area contributed by atoms with E-state index in [4.69, 9.17) is 5.11 Å². The molecule has 0 aliphatic carbocycles. The van der Waals surface area contributed by atoms with Gasteiger partial charge in [-0.3, -0.25) is 9.59 Å². The van der Waals surface area contributed by atoms with Crippen molar-refractivity contribution in [2.45, 2.75) is 46.0 Å². The summed E-state index contributed by atoms with van der Waals surface area (Å²) < 4.78 is 0. The van der Waals surface area contributed by atoms with Gasteiger partial charge in [0.15, 0.2) is 0 Å². The lowest BCUT2D eigenvalue weighted by molar-refractivity contribution is -0.137. The number of carbonyl (C=O) groups excluding carboxylic acids is 1. The average Bonchev–Trinajstić information content (AvgIpc) is 2.38. The molecule has 0 radical (unpaired) electrons. The molecule has 2 atom stereocenters. The van der Waals surface area contributed by atoms with Crippen LogP contribution in [0, 0.1) is 5.92 Å². The fourth-order valence-electron chi connectivity index (χ4n) is 1.95. The molecule has 1 rings (SSSR count). The first kappa shape index (κ1) is 16.2. The van der Waals surface area contributed by atoms with Crippen molar-refractivity contribution in [1.82, 2.24) is 0 Å². The first-order valence-electron chi connectivity index (χ1n) is 7.04. The molecule has 0 bridgehead atoms. The molecule has 0 saturated heterocycles. The number of carboxylic acid groups (broad SMARTS) is 1. The zero-order chi connectivity index (χ0) is 15.1. The van der Waals surface area contributed by atoms with E-state index in [-0.39, 0.29) is 18.2 Å². The molecule has 0 aliphatic rings. The minimum atomic E-state index is -0.802. The molecular weight excluding hydrogens is 254 g/mol. The van der Waals surface area contributed by atoms with Crippen molar-refractivity contribution in [3.05, 3.63) is 29.8 Å². The number of nitrogens with one attached hydrogen (secondary N) is 1. The lowest BCUT2D eigenvalue weighted by Gasteiger charge is -2.12. The zero-order valence-electron chi connectivity index (χ0n) is 12.3. The van der Waals surface area contributed by atoms with Crippen LogP contribution in [0.4, 0.5) is 5.69 Å². The molecule has 0 aliphatic heterocycles. The van der Waals surface area contributed by atoms with Gasteiger partial charge in [0.25, 0.3) is 0 Å². The molecule has 0 aromatic heterocycles. The second-order valence-electron chi connectivity index (χ2n) is 5.39. The average molecular weight is 277 g/mol. The third kappa shape index (κ3) is 5.43. The Labute approximate surface area is 120 Å². The second kappa shape index (κ2) is 7.68. The van der Waals surface area contributed by atoms with E-state index in [0.717, 1.165) is 17.7 Å². The summed E-state index contributed by atoms with van der Waals surface area (Å²) in [6.07, 6.45) is 1.62. The van der Waals surface area contributed by atoms with E-state index in [9.17, 15) is 9.59 Å². The maximum atomic E-state index is 11.8. The van der Waals surface area contributed by atoms with Crippen LogP contribution in [0.15, 0.2) is 24.3 Å². The van der Waals surface area contributed by atoms with Crippen molar-refractivity contribution in [3.63, 3.8) is 0 Å². The van der Waals surface area contributed by atoms with Crippen molar-refractivity contribution in [2.75, 3.05) is 5.32 Å². The van der Waals surface area contributed by atoms with Gasteiger partial charge in [-0.1, -0.05) is 39.3 Å². The first-order valence-corrected chi connectivity index (χ1v) is 7.04. The summed E-state index contributed by atoms with van der Waals surface area (Å²) in [6.45, 7) is 6.00. The Morgan fingerprint density at radius 3 is 2.25 bits per heavy atom. The fourth-order valence-corrected chi connectivity index (χ4v) is 1.95. The van der Waals surface area contributed by atoms with Crippen LogP contribution in [0.3, 0.4) is 0 Å². The van der Waals surface area contributed by atoms with Gasteiger partial charge in [0.1, 0.15) is 0 Å². The molecule has 4 heteroatoms. The van der Waals surface area contributed by atoms with Crippen LogP contribution in [0.25, 0.3) is 0 Å². The molecule has 0 saturated carbocycles. The highest BCUT2D eigenvalue weighted by Crippen LogP contribution is 2.21. The summed E-state index contributed by atoms with van der Waals surface area (Å²) in [5.74, 6) is -0.434. The summed E-state index contributed by atoms with van der Waals surface area (Å²) in [7, 11) is 0. The molecular formula is C16H23NO3. The molecule has 4 nitrogen and oxygen atoms in total. The normalized spacial score (nSPS) is 13.6. The highest BCUT2D eigenvalue weighted by molar-refractivity contribution is 5.90. The third-order valence-electron chi connectivity index (χ3n) is 3.48. The molecule has 0 spiro atoms. The Hall–Kier alpha value is -1.84. The van der Waals surface area contributed by atoms with Gasteiger partial charge in [-0.15, -0.1) is 0 Å². The second-order valence-corrected chi connectivity index (χ2v) is 5.39. The molecule has 1 amide bonds. The highest BCUT2D eigenvalue weighted by atomic mass is 16.4. The van der Waals surface area contributed by atoms with E-state index < -0.39 is 5.97 Å². The van der Waals surface area contributed by atoms with E-state index in [1.54, 1.807) is 0 Å². The van der Waals surface area contributed by atoms with Gasteiger partial charge < -0.3 is 10.4 Å². The van der Waals surface area contributed by atoms with E-state index in [1.807, 2.05) is 31.2 Å². The van der Waals surface area contributed by atoms with Crippen molar-refractivity contribution in [1.29, 1.82) is 0 Å². The first-order chi connectivity index (χ1) is 9.42. The van der Waals surface area contributed by atoms with Crippen LogP contribution >= 0.6 is 0 Å². The van der Waals surface area contributed by atoms with Gasteiger partial charge in [-0.05, 0) is 29.5 Å². The maximum Gasteiger partial charge on any atom is 0.303 e. The van der Waals surface area contributed by atoms with Gasteiger partial charge in [0, 0.05) is 12.1 Å². The number of amides is 1. The SMILES string of the molecule is CCC(C)CC(=O)Nc1ccc(C(C)CC(=O)O)cc1. The third-order valence-corrected chi connectivity index (χ3v) is 3.48. The largest absolute Gasteiger partial charge is 0.481 e. The standard InChI is InChI=1S/C16H23NO3/c1-4-11(2)9-15(18)17-14-7-5-13(6-8-14)12(3)10-16(19)20/h5-8,11-12H,4,9-10H2,1-3H3,(H,17,18)(H,19,20). The maximum absolute atomic E-state index is 11.8. The Balaban J connectivity index is 2.58. The summed E-state index contributed by atoms with van der Waals surface area (Å²) in [6, 6.07) is 7.38. The number of benzene rings is 1. The molecule has 110 valence electrons. The molecule has 2 N–H and O–H groups in total. The van der Waals surface area contributed by atoms with Crippen LogP contribution in [0.1, 0.15) is 51.5 Å². The monoisotopic (exact) mass is 277 g/mol. The zero-order valence-corrected chi connectivity index (χ0v) is 12.3. The van der Waals surface area contributed by atoms with Gasteiger partial charge in [0.2, 0.25) is 5.91 Å². The van der Waals surface area contributed by atoms with E-state index >= 15 is 0 Å².